The molecule has 0 saturated heterocycles. The third kappa shape index (κ3) is 6.42. The van der Waals surface area contributed by atoms with E-state index in [1.54, 1.807) is 7.11 Å². The molecule has 2 aromatic rings. The molecule has 0 radical (unpaired) electrons. The molecule has 0 aliphatic rings. The summed E-state index contributed by atoms with van der Waals surface area (Å²) in [6, 6.07) is 9.57. The van der Waals surface area contributed by atoms with Gasteiger partial charge in [-0.25, -0.2) is 0 Å². The number of nitrogens with one attached hydrogen (secondary N) is 1. The maximum absolute atomic E-state index is 9.98. The number of hydrogen-bond donors (Lipinski definition) is 2. The van der Waals surface area contributed by atoms with Gasteiger partial charge in [0.05, 0.1) is 13.7 Å². The summed E-state index contributed by atoms with van der Waals surface area (Å²) in [6.07, 6.45) is -0.538. The van der Waals surface area contributed by atoms with Gasteiger partial charge in [-0.3, -0.25) is 0 Å². The fourth-order valence-corrected chi connectivity index (χ4v) is 2.52. The minimum absolute atomic E-state index is 0.245. The summed E-state index contributed by atoms with van der Waals surface area (Å²) >= 11 is 0. The molecule has 0 saturated carbocycles. The highest BCUT2D eigenvalue weighted by Gasteiger charge is 2.11. The lowest BCUT2D eigenvalue weighted by atomic mass is 10.2. The Morgan fingerprint density at radius 3 is 2.64 bits per heavy atom. The van der Waals surface area contributed by atoms with Crippen LogP contribution < -0.4 is 14.8 Å². The highest BCUT2D eigenvalue weighted by molar-refractivity contribution is 5.40. The number of ether oxygens (including phenoxy) is 2. The van der Waals surface area contributed by atoms with Crippen LogP contribution in [0.4, 0.5) is 0 Å². The number of aryl methyl sites for hydroxylation is 1. The van der Waals surface area contributed by atoms with Crippen molar-refractivity contribution >= 4 is 0 Å². The second-order valence-corrected chi connectivity index (χ2v) is 6.32. The molecule has 25 heavy (non-hydrogen) atoms. The normalized spacial score (nSPS) is 12.4. The van der Waals surface area contributed by atoms with Crippen LogP contribution in [0.1, 0.15) is 17.1 Å². The maximum Gasteiger partial charge on any atom is 0.124 e. The number of nitrogens with zero attached hydrogens (tertiary/aromatic N) is 1. The number of furan rings is 1. The second kappa shape index (κ2) is 9.46. The van der Waals surface area contributed by atoms with Gasteiger partial charge in [0.1, 0.15) is 35.7 Å². The predicted molar refractivity (Wildman–Crippen MR) is 97.0 cm³/mol. The van der Waals surface area contributed by atoms with Crippen LogP contribution in [0, 0.1) is 6.92 Å². The minimum atomic E-state index is -0.538. The monoisotopic (exact) mass is 348 g/mol. The van der Waals surface area contributed by atoms with Crippen LogP contribution in [0.15, 0.2) is 34.7 Å². The van der Waals surface area contributed by atoms with Crippen LogP contribution in [-0.4, -0.2) is 50.5 Å². The van der Waals surface area contributed by atoms with Crippen molar-refractivity contribution in [3.63, 3.8) is 0 Å². The van der Waals surface area contributed by atoms with Gasteiger partial charge in [-0.1, -0.05) is 0 Å². The number of benzene rings is 1. The third-order valence-electron chi connectivity index (χ3n) is 3.69. The molecule has 0 amide bonds. The van der Waals surface area contributed by atoms with Crippen LogP contribution in [0.3, 0.4) is 0 Å². The SMILES string of the molecule is COc1ccc(OC[C@@H](O)CN(C)C)c(CNCc2ccc(C)o2)c1. The Morgan fingerprint density at radius 2 is 2.00 bits per heavy atom. The smallest absolute Gasteiger partial charge is 0.124 e. The van der Waals surface area contributed by atoms with Crippen molar-refractivity contribution in [3.8, 4) is 11.5 Å². The average Bonchev–Trinajstić information content (AvgIpc) is 2.98. The molecule has 0 fully saturated rings. The molecule has 0 bridgehead atoms. The van der Waals surface area contributed by atoms with Gasteiger partial charge in [0.25, 0.3) is 0 Å². The zero-order valence-electron chi connectivity index (χ0n) is 15.4. The third-order valence-corrected chi connectivity index (χ3v) is 3.69. The molecule has 2 N–H and O–H groups in total. The highest BCUT2D eigenvalue weighted by atomic mass is 16.5. The topological polar surface area (TPSA) is 67.1 Å². The average molecular weight is 348 g/mol. The minimum Gasteiger partial charge on any atom is -0.497 e. The van der Waals surface area contributed by atoms with E-state index in [0.717, 1.165) is 28.6 Å². The molecule has 0 unspecified atom stereocenters. The predicted octanol–water partition coefficient (Wildman–Crippen LogP) is 2.19. The number of rotatable bonds is 10. The number of likely N-dealkylation sites (N-methyl/N-ethyl adjacent to an activating group) is 1. The molecular formula is C19H28N2O4. The zero-order valence-corrected chi connectivity index (χ0v) is 15.4. The lowest BCUT2D eigenvalue weighted by Crippen LogP contribution is -2.30. The molecule has 2 rings (SSSR count). The lowest BCUT2D eigenvalue weighted by molar-refractivity contribution is 0.0826. The number of aliphatic hydroxyl groups excluding tert-OH is 1. The molecule has 0 aliphatic heterocycles. The Hall–Kier alpha value is -2.02. The summed E-state index contributed by atoms with van der Waals surface area (Å²) in [5.41, 5.74) is 0.972. The standard InChI is InChI=1S/C19H28N2O4/c1-14-5-6-18(25-14)11-20-10-15-9-17(23-4)7-8-19(15)24-13-16(22)12-21(2)3/h5-9,16,20,22H,10-13H2,1-4H3/t16-/m0/s1. The van der Waals surface area contributed by atoms with Crippen molar-refractivity contribution in [2.75, 3.05) is 34.4 Å². The summed E-state index contributed by atoms with van der Waals surface area (Å²) in [7, 11) is 5.48. The zero-order chi connectivity index (χ0) is 18.2. The Balaban J connectivity index is 1.96. The molecule has 1 atom stereocenters. The second-order valence-electron chi connectivity index (χ2n) is 6.32. The van der Waals surface area contributed by atoms with E-state index in [9.17, 15) is 5.11 Å². The molecule has 0 aliphatic carbocycles. The van der Waals surface area contributed by atoms with Crippen molar-refractivity contribution in [2.24, 2.45) is 0 Å². The highest BCUT2D eigenvalue weighted by Crippen LogP contribution is 2.24. The van der Waals surface area contributed by atoms with E-state index in [4.69, 9.17) is 13.9 Å². The van der Waals surface area contributed by atoms with Crippen molar-refractivity contribution in [1.29, 1.82) is 0 Å². The van der Waals surface area contributed by atoms with E-state index in [0.29, 0.717) is 19.6 Å². The van der Waals surface area contributed by atoms with E-state index in [2.05, 4.69) is 5.32 Å². The summed E-state index contributed by atoms with van der Waals surface area (Å²) in [5, 5.41) is 13.3. The van der Waals surface area contributed by atoms with Gasteiger partial charge in [0.2, 0.25) is 0 Å². The summed E-state index contributed by atoms with van der Waals surface area (Å²) in [4.78, 5) is 1.93. The van der Waals surface area contributed by atoms with E-state index >= 15 is 0 Å². The number of methoxy groups -OCH3 is 1. The fraction of sp³-hybridized carbons (Fsp3) is 0.474. The summed E-state index contributed by atoms with van der Waals surface area (Å²) in [6.45, 7) is 3.97. The summed E-state index contributed by atoms with van der Waals surface area (Å²) in [5.74, 6) is 3.30. The largest absolute Gasteiger partial charge is 0.497 e. The molecule has 138 valence electrons. The first-order chi connectivity index (χ1) is 12.0. The van der Waals surface area contributed by atoms with Crippen molar-refractivity contribution < 1.29 is 19.0 Å². The van der Waals surface area contributed by atoms with Crippen molar-refractivity contribution in [3.05, 3.63) is 47.4 Å². The van der Waals surface area contributed by atoms with Gasteiger partial charge in [-0.15, -0.1) is 0 Å². The van der Waals surface area contributed by atoms with Crippen LogP contribution in [0.25, 0.3) is 0 Å². The number of hydrogen-bond acceptors (Lipinski definition) is 6. The first-order valence-corrected chi connectivity index (χ1v) is 8.36. The van der Waals surface area contributed by atoms with Crippen LogP contribution in [-0.2, 0) is 13.1 Å². The first-order valence-electron chi connectivity index (χ1n) is 8.36. The van der Waals surface area contributed by atoms with E-state index in [1.165, 1.54) is 0 Å². The Kier molecular flexibility index (Phi) is 7.31. The van der Waals surface area contributed by atoms with E-state index < -0.39 is 6.10 Å². The van der Waals surface area contributed by atoms with Gasteiger partial charge >= 0.3 is 0 Å². The molecule has 6 nitrogen and oxygen atoms in total. The van der Waals surface area contributed by atoms with Crippen LogP contribution in [0.2, 0.25) is 0 Å². The molecule has 0 spiro atoms. The van der Waals surface area contributed by atoms with Gasteiger partial charge in [0, 0.05) is 18.7 Å². The Bertz CT molecular complexity index is 655. The van der Waals surface area contributed by atoms with Gasteiger partial charge in [0.15, 0.2) is 0 Å². The van der Waals surface area contributed by atoms with Gasteiger partial charge < -0.3 is 29.2 Å². The molecule has 1 aromatic carbocycles. The number of aliphatic hydroxyl groups is 1. The molecule has 1 aromatic heterocycles. The van der Waals surface area contributed by atoms with Crippen molar-refractivity contribution in [1.82, 2.24) is 10.2 Å². The van der Waals surface area contributed by atoms with Crippen LogP contribution in [0.5, 0.6) is 11.5 Å². The molecular weight excluding hydrogens is 320 g/mol. The van der Waals surface area contributed by atoms with Gasteiger partial charge in [-0.2, -0.15) is 0 Å². The summed E-state index contributed by atoms with van der Waals surface area (Å²) < 4.78 is 16.7. The van der Waals surface area contributed by atoms with E-state index in [-0.39, 0.29) is 6.61 Å². The van der Waals surface area contributed by atoms with Gasteiger partial charge in [-0.05, 0) is 51.4 Å². The Labute approximate surface area is 149 Å². The first kappa shape index (κ1) is 19.3. The fourth-order valence-electron chi connectivity index (χ4n) is 2.52. The maximum atomic E-state index is 9.98. The Morgan fingerprint density at radius 1 is 1.20 bits per heavy atom. The van der Waals surface area contributed by atoms with Crippen molar-refractivity contribution in [2.45, 2.75) is 26.1 Å². The molecule has 1 heterocycles. The lowest BCUT2D eigenvalue weighted by Gasteiger charge is -2.18. The van der Waals surface area contributed by atoms with E-state index in [1.807, 2.05) is 56.3 Å². The molecule has 6 heteroatoms. The van der Waals surface area contributed by atoms with Crippen LogP contribution >= 0.6 is 0 Å². The quantitative estimate of drug-likeness (QED) is 0.686.